The third-order valence-corrected chi connectivity index (χ3v) is 4.72. The lowest BCUT2D eigenvalue weighted by Gasteiger charge is -2.19. The van der Waals surface area contributed by atoms with E-state index in [2.05, 4.69) is 5.32 Å². The molecule has 1 unspecified atom stereocenters. The Morgan fingerprint density at radius 3 is 2.48 bits per heavy atom. The van der Waals surface area contributed by atoms with E-state index in [1.807, 2.05) is 32.0 Å². The Hall–Kier alpha value is -2.04. The van der Waals surface area contributed by atoms with E-state index in [4.69, 9.17) is 23.2 Å². The van der Waals surface area contributed by atoms with Gasteiger partial charge in [-0.05, 0) is 49.2 Å². The minimum absolute atomic E-state index is 0.0435. The number of benzene rings is 2. The van der Waals surface area contributed by atoms with Crippen molar-refractivity contribution in [2.45, 2.75) is 20.3 Å². The van der Waals surface area contributed by atoms with E-state index in [0.29, 0.717) is 22.3 Å². The molecule has 1 atom stereocenters. The van der Waals surface area contributed by atoms with Crippen LogP contribution < -0.4 is 10.2 Å². The number of hydrogen-bond acceptors (Lipinski definition) is 2. The largest absolute Gasteiger partial charge is 0.326 e. The van der Waals surface area contributed by atoms with Gasteiger partial charge in [-0.25, -0.2) is 0 Å². The number of rotatable bonds is 3. The fourth-order valence-corrected chi connectivity index (χ4v) is 3.52. The molecule has 2 amide bonds. The highest BCUT2D eigenvalue weighted by Crippen LogP contribution is 2.30. The summed E-state index contributed by atoms with van der Waals surface area (Å²) in [7, 11) is 0. The first kappa shape index (κ1) is 17.8. The van der Waals surface area contributed by atoms with Gasteiger partial charge in [0.2, 0.25) is 11.8 Å². The highest BCUT2D eigenvalue weighted by molar-refractivity contribution is 6.35. The number of carbonyl (C=O) groups excluding carboxylic acids is 2. The average molecular weight is 377 g/mol. The van der Waals surface area contributed by atoms with Crippen molar-refractivity contribution in [3.05, 3.63) is 57.6 Å². The van der Waals surface area contributed by atoms with Crippen molar-refractivity contribution in [3.63, 3.8) is 0 Å². The summed E-state index contributed by atoms with van der Waals surface area (Å²) in [6.45, 7) is 4.31. The van der Waals surface area contributed by atoms with Gasteiger partial charge in [0.1, 0.15) is 0 Å². The number of halogens is 2. The molecular formula is C19H18Cl2N2O2. The number of amides is 2. The molecular weight excluding hydrogens is 359 g/mol. The molecule has 4 nitrogen and oxygen atoms in total. The zero-order valence-electron chi connectivity index (χ0n) is 14.0. The van der Waals surface area contributed by atoms with Gasteiger partial charge in [-0.15, -0.1) is 0 Å². The second-order valence-electron chi connectivity index (χ2n) is 6.34. The molecule has 130 valence electrons. The molecule has 1 heterocycles. The highest BCUT2D eigenvalue weighted by atomic mass is 35.5. The van der Waals surface area contributed by atoms with Gasteiger partial charge in [0.25, 0.3) is 0 Å². The summed E-state index contributed by atoms with van der Waals surface area (Å²) in [6, 6.07) is 10.8. The smallest absolute Gasteiger partial charge is 0.229 e. The zero-order valence-corrected chi connectivity index (χ0v) is 15.5. The normalized spacial score (nSPS) is 17.0. The van der Waals surface area contributed by atoms with Crippen LogP contribution in [-0.4, -0.2) is 18.4 Å². The molecule has 1 fully saturated rings. The predicted molar refractivity (Wildman–Crippen MR) is 101 cm³/mol. The summed E-state index contributed by atoms with van der Waals surface area (Å²) >= 11 is 11.9. The lowest BCUT2D eigenvalue weighted by atomic mass is 10.1. The molecule has 1 aliphatic heterocycles. The molecule has 6 heteroatoms. The average Bonchev–Trinajstić information content (AvgIpc) is 2.90. The van der Waals surface area contributed by atoms with E-state index in [0.717, 1.165) is 16.8 Å². The fraction of sp³-hybridized carbons (Fsp3) is 0.263. The van der Waals surface area contributed by atoms with Crippen LogP contribution in [0.2, 0.25) is 10.0 Å². The predicted octanol–water partition coefficient (Wildman–Crippen LogP) is 4.60. The summed E-state index contributed by atoms with van der Waals surface area (Å²) < 4.78 is 0. The van der Waals surface area contributed by atoms with Crippen LogP contribution in [0.15, 0.2) is 36.4 Å². The van der Waals surface area contributed by atoms with E-state index in [1.54, 1.807) is 23.1 Å². The third kappa shape index (κ3) is 3.97. The van der Waals surface area contributed by atoms with Crippen molar-refractivity contribution in [1.82, 2.24) is 0 Å². The first-order valence-electron chi connectivity index (χ1n) is 7.98. The van der Waals surface area contributed by atoms with Gasteiger partial charge in [0, 0.05) is 34.4 Å². The maximum Gasteiger partial charge on any atom is 0.229 e. The van der Waals surface area contributed by atoms with Crippen molar-refractivity contribution in [3.8, 4) is 0 Å². The molecule has 1 N–H and O–H groups in total. The summed E-state index contributed by atoms with van der Waals surface area (Å²) in [6.07, 6.45) is 0.188. The maximum absolute atomic E-state index is 12.5. The van der Waals surface area contributed by atoms with Gasteiger partial charge in [0.05, 0.1) is 5.92 Å². The van der Waals surface area contributed by atoms with E-state index >= 15 is 0 Å². The molecule has 2 aromatic rings. The lowest BCUT2D eigenvalue weighted by Crippen LogP contribution is -2.28. The van der Waals surface area contributed by atoms with Crippen LogP contribution in [0.3, 0.4) is 0 Å². The van der Waals surface area contributed by atoms with E-state index in [-0.39, 0.29) is 18.2 Å². The number of carbonyl (C=O) groups is 2. The summed E-state index contributed by atoms with van der Waals surface area (Å²) in [5.74, 6) is -0.664. The van der Waals surface area contributed by atoms with Crippen molar-refractivity contribution < 1.29 is 9.59 Å². The summed E-state index contributed by atoms with van der Waals surface area (Å²) in [5.41, 5.74) is 3.49. The Kier molecular flexibility index (Phi) is 5.02. The molecule has 1 aliphatic rings. The van der Waals surface area contributed by atoms with E-state index in [1.165, 1.54) is 0 Å². The lowest BCUT2D eigenvalue weighted by molar-refractivity contribution is -0.122. The van der Waals surface area contributed by atoms with Crippen LogP contribution in [0.5, 0.6) is 0 Å². The molecule has 3 rings (SSSR count). The second-order valence-corrected chi connectivity index (χ2v) is 7.22. The van der Waals surface area contributed by atoms with Gasteiger partial charge in [0.15, 0.2) is 0 Å². The van der Waals surface area contributed by atoms with Gasteiger partial charge >= 0.3 is 0 Å². The van der Waals surface area contributed by atoms with E-state index in [9.17, 15) is 9.59 Å². The monoisotopic (exact) mass is 376 g/mol. The highest BCUT2D eigenvalue weighted by Gasteiger charge is 2.35. The van der Waals surface area contributed by atoms with Crippen molar-refractivity contribution in [1.29, 1.82) is 0 Å². The van der Waals surface area contributed by atoms with Gasteiger partial charge in [-0.2, -0.15) is 0 Å². The van der Waals surface area contributed by atoms with Crippen molar-refractivity contribution in [2.75, 3.05) is 16.8 Å². The van der Waals surface area contributed by atoms with Gasteiger partial charge in [-0.3, -0.25) is 9.59 Å². The molecule has 2 aromatic carbocycles. The molecule has 25 heavy (non-hydrogen) atoms. The van der Waals surface area contributed by atoms with Crippen molar-refractivity contribution in [2.24, 2.45) is 5.92 Å². The number of hydrogen-bond donors (Lipinski definition) is 1. The Bertz CT molecular complexity index is 831. The van der Waals surface area contributed by atoms with Crippen LogP contribution in [0.25, 0.3) is 0 Å². The van der Waals surface area contributed by atoms with Crippen LogP contribution in [0.1, 0.15) is 17.5 Å². The molecule has 0 aliphatic carbocycles. The van der Waals surface area contributed by atoms with Crippen LogP contribution in [0, 0.1) is 19.8 Å². The van der Waals surface area contributed by atoms with Gasteiger partial charge in [-0.1, -0.05) is 35.3 Å². The number of anilines is 2. The first-order chi connectivity index (χ1) is 11.8. The summed E-state index contributed by atoms with van der Waals surface area (Å²) in [5, 5.41) is 3.69. The topological polar surface area (TPSA) is 49.4 Å². The van der Waals surface area contributed by atoms with E-state index < -0.39 is 5.92 Å². The quantitative estimate of drug-likeness (QED) is 0.850. The Morgan fingerprint density at radius 1 is 1.12 bits per heavy atom. The van der Waals surface area contributed by atoms with Gasteiger partial charge < -0.3 is 10.2 Å². The van der Waals surface area contributed by atoms with Crippen LogP contribution in [0.4, 0.5) is 11.4 Å². The standard InChI is InChI=1S/C19H18Cl2N2O2/c1-11-3-4-12(2)17(5-11)23-10-13(6-18(23)24)19(25)22-16-8-14(20)7-15(21)9-16/h3-5,7-9,13H,6,10H2,1-2H3,(H,22,25). The molecule has 0 aromatic heterocycles. The minimum atomic E-state index is -0.412. The minimum Gasteiger partial charge on any atom is -0.326 e. The Labute approximate surface area is 156 Å². The summed E-state index contributed by atoms with van der Waals surface area (Å²) in [4.78, 5) is 26.6. The Morgan fingerprint density at radius 2 is 1.80 bits per heavy atom. The molecule has 0 spiro atoms. The Balaban J connectivity index is 1.75. The zero-order chi connectivity index (χ0) is 18.1. The van der Waals surface area contributed by atoms with Crippen molar-refractivity contribution >= 4 is 46.4 Å². The number of nitrogens with one attached hydrogen (secondary N) is 1. The molecule has 1 saturated heterocycles. The number of aryl methyl sites for hydroxylation is 2. The van der Waals surface area contributed by atoms with Crippen LogP contribution >= 0.6 is 23.2 Å². The maximum atomic E-state index is 12.5. The molecule has 0 bridgehead atoms. The molecule has 0 saturated carbocycles. The SMILES string of the molecule is Cc1ccc(C)c(N2CC(C(=O)Nc3cc(Cl)cc(Cl)c3)CC2=O)c1. The van der Waals surface area contributed by atoms with Crippen LogP contribution in [-0.2, 0) is 9.59 Å². The third-order valence-electron chi connectivity index (χ3n) is 4.28. The molecule has 0 radical (unpaired) electrons. The number of nitrogens with zero attached hydrogens (tertiary/aromatic N) is 1. The fourth-order valence-electron chi connectivity index (χ4n) is 3.00. The first-order valence-corrected chi connectivity index (χ1v) is 8.73. The second kappa shape index (κ2) is 7.06.